The summed E-state index contributed by atoms with van der Waals surface area (Å²) in [7, 11) is -3.56. The van der Waals surface area contributed by atoms with E-state index in [2.05, 4.69) is 5.32 Å². The van der Waals surface area contributed by atoms with E-state index in [9.17, 15) is 18.0 Å². The van der Waals surface area contributed by atoms with Gasteiger partial charge in [0.05, 0.1) is 17.4 Å². The molecule has 1 aliphatic rings. The molecule has 2 amide bonds. The van der Waals surface area contributed by atoms with Crippen LogP contribution in [0.4, 0.5) is 5.69 Å². The number of para-hydroxylation sites is 1. The lowest BCUT2D eigenvalue weighted by Gasteiger charge is -2.20. The SMILES string of the molecule is CCN(CC)S(=O)(=O)c1ccc(N2C[C@H](C(=O)NCCOc3ccccc3)CC2=O)cc1. The van der Waals surface area contributed by atoms with Gasteiger partial charge in [-0.15, -0.1) is 0 Å². The van der Waals surface area contributed by atoms with Crippen LogP contribution in [0.3, 0.4) is 0 Å². The van der Waals surface area contributed by atoms with Crippen molar-refractivity contribution in [3.8, 4) is 5.75 Å². The van der Waals surface area contributed by atoms with Crippen molar-refractivity contribution in [2.75, 3.05) is 37.7 Å². The summed E-state index contributed by atoms with van der Waals surface area (Å²) in [5, 5.41) is 2.81. The Kier molecular flexibility index (Phi) is 7.87. The van der Waals surface area contributed by atoms with Gasteiger partial charge in [-0.25, -0.2) is 8.42 Å². The van der Waals surface area contributed by atoms with Crippen molar-refractivity contribution < 1.29 is 22.7 Å². The molecule has 172 valence electrons. The number of carbonyl (C=O) groups excluding carboxylic acids is 2. The second-order valence-corrected chi connectivity index (χ2v) is 9.38. The van der Waals surface area contributed by atoms with Crippen LogP contribution in [0.2, 0.25) is 0 Å². The van der Waals surface area contributed by atoms with Crippen molar-refractivity contribution >= 4 is 27.5 Å². The minimum Gasteiger partial charge on any atom is -0.492 e. The van der Waals surface area contributed by atoms with Crippen molar-refractivity contribution in [1.29, 1.82) is 0 Å². The van der Waals surface area contributed by atoms with E-state index in [4.69, 9.17) is 4.74 Å². The van der Waals surface area contributed by atoms with Gasteiger partial charge in [0.15, 0.2) is 0 Å². The van der Waals surface area contributed by atoms with Gasteiger partial charge >= 0.3 is 0 Å². The monoisotopic (exact) mass is 459 g/mol. The first-order valence-electron chi connectivity index (χ1n) is 10.7. The molecule has 0 aliphatic carbocycles. The maximum Gasteiger partial charge on any atom is 0.243 e. The zero-order valence-corrected chi connectivity index (χ0v) is 19.2. The highest BCUT2D eigenvalue weighted by Gasteiger charge is 2.35. The first kappa shape index (κ1) is 23.7. The van der Waals surface area contributed by atoms with Gasteiger partial charge in [-0.1, -0.05) is 32.0 Å². The molecular formula is C23H29N3O5S. The molecule has 1 saturated heterocycles. The van der Waals surface area contributed by atoms with Crippen molar-refractivity contribution in [2.24, 2.45) is 5.92 Å². The molecule has 32 heavy (non-hydrogen) atoms. The van der Waals surface area contributed by atoms with E-state index in [-0.39, 0.29) is 29.7 Å². The largest absolute Gasteiger partial charge is 0.492 e. The van der Waals surface area contributed by atoms with E-state index in [0.29, 0.717) is 31.9 Å². The molecule has 9 heteroatoms. The van der Waals surface area contributed by atoms with Crippen LogP contribution in [-0.4, -0.2) is 57.3 Å². The zero-order chi connectivity index (χ0) is 23.1. The van der Waals surface area contributed by atoms with Gasteiger partial charge in [0.1, 0.15) is 12.4 Å². The Balaban J connectivity index is 1.55. The number of nitrogens with zero attached hydrogens (tertiary/aromatic N) is 2. The lowest BCUT2D eigenvalue weighted by atomic mass is 10.1. The summed E-state index contributed by atoms with van der Waals surface area (Å²) in [4.78, 5) is 26.7. The topological polar surface area (TPSA) is 96.0 Å². The maximum absolute atomic E-state index is 12.6. The summed E-state index contributed by atoms with van der Waals surface area (Å²) >= 11 is 0. The summed E-state index contributed by atoms with van der Waals surface area (Å²) in [5.74, 6) is -0.0861. The third-order valence-corrected chi connectivity index (χ3v) is 7.46. The highest BCUT2D eigenvalue weighted by Crippen LogP contribution is 2.27. The highest BCUT2D eigenvalue weighted by atomic mass is 32.2. The predicted octanol–water partition coefficient (Wildman–Crippen LogP) is 2.27. The summed E-state index contributed by atoms with van der Waals surface area (Å²) < 4.78 is 32.2. The fourth-order valence-corrected chi connectivity index (χ4v) is 5.11. The van der Waals surface area contributed by atoms with Crippen molar-refractivity contribution in [1.82, 2.24) is 9.62 Å². The summed E-state index contributed by atoms with van der Waals surface area (Å²) in [6, 6.07) is 15.6. The molecule has 1 atom stereocenters. The Morgan fingerprint density at radius 2 is 1.75 bits per heavy atom. The van der Waals surface area contributed by atoms with Crippen LogP contribution < -0.4 is 15.0 Å². The smallest absolute Gasteiger partial charge is 0.243 e. The number of ether oxygens (including phenoxy) is 1. The molecule has 0 aromatic heterocycles. The Hall–Kier alpha value is -2.91. The van der Waals surface area contributed by atoms with Gasteiger partial charge in [-0.3, -0.25) is 9.59 Å². The van der Waals surface area contributed by atoms with Crippen LogP contribution in [0.25, 0.3) is 0 Å². The molecular weight excluding hydrogens is 430 g/mol. The predicted molar refractivity (Wildman–Crippen MR) is 122 cm³/mol. The lowest BCUT2D eigenvalue weighted by molar-refractivity contribution is -0.126. The van der Waals surface area contributed by atoms with E-state index in [1.165, 1.54) is 21.3 Å². The number of nitrogens with one attached hydrogen (secondary N) is 1. The first-order valence-corrected chi connectivity index (χ1v) is 12.2. The van der Waals surface area contributed by atoms with Crippen LogP contribution >= 0.6 is 0 Å². The summed E-state index contributed by atoms with van der Waals surface area (Å²) in [6.07, 6.45) is 0.116. The maximum atomic E-state index is 12.6. The minimum absolute atomic E-state index is 0.116. The first-order chi connectivity index (χ1) is 15.4. The second-order valence-electron chi connectivity index (χ2n) is 7.44. The average molecular weight is 460 g/mol. The molecule has 2 aromatic carbocycles. The minimum atomic E-state index is -3.56. The number of hydrogen-bond donors (Lipinski definition) is 1. The average Bonchev–Trinajstić information content (AvgIpc) is 3.19. The molecule has 1 heterocycles. The number of anilines is 1. The second kappa shape index (κ2) is 10.6. The Bertz CT molecular complexity index is 1020. The highest BCUT2D eigenvalue weighted by molar-refractivity contribution is 7.89. The molecule has 1 fully saturated rings. The van der Waals surface area contributed by atoms with Gasteiger partial charge in [0, 0.05) is 31.7 Å². The molecule has 3 rings (SSSR count). The van der Waals surface area contributed by atoms with Crippen LogP contribution in [0.5, 0.6) is 5.75 Å². The molecule has 2 aromatic rings. The van der Waals surface area contributed by atoms with Gasteiger partial charge < -0.3 is 15.0 Å². The van der Waals surface area contributed by atoms with Crippen LogP contribution in [0.1, 0.15) is 20.3 Å². The number of rotatable bonds is 10. The van der Waals surface area contributed by atoms with E-state index >= 15 is 0 Å². The number of sulfonamides is 1. The van der Waals surface area contributed by atoms with Crippen molar-refractivity contribution in [2.45, 2.75) is 25.2 Å². The molecule has 0 spiro atoms. The van der Waals surface area contributed by atoms with Crippen molar-refractivity contribution in [3.05, 3.63) is 54.6 Å². The fourth-order valence-electron chi connectivity index (χ4n) is 3.65. The van der Waals surface area contributed by atoms with E-state index in [1.54, 1.807) is 26.0 Å². The van der Waals surface area contributed by atoms with Gasteiger partial charge in [0.25, 0.3) is 0 Å². The third-order valence-electron chi connectivity index (χ3n) is 5.40. The Morgan fingerprint density at radius 1 is 1.09 bits per heavy atom. The van der Waals surface area contributed by atoms with E-state index < -0.39 is 15.9 Å². The molecule has 1 N–H and O–H groups in total. The quantitative estimate of drug-likeness (QED) is 0.550. The molecule has 8 nitrogen and oxygen atoms in total. The van der Waals surface area contributed by atoms with E-state index in [0.717, 1.165) is 5.75 Å². The summed E-state index contributed by atoms with van der Waals surface area (Å²) in [5.41, 5.74) is 0.580. The summed E-state index contributed by atoms with van der Waals surface area (Å²) in [6.45, 7) is 5.29. The number of carbonyl (C=O) groups is 2. The normalized spacial score (nSPS) is 16.4. The van der Waals surface area contributed by atoms with Crippen LogP contribution in [0, 0.1) is 5.92 Å². The number of benzene rings is 2. The van der Waals surface area contributed by atoms with Gasteiger partial charge in [0.2, 0.25) is 21.8 Å². The van der Waals surface area contributed by atoms with Crippen molar-refractivity contribution in [3.63, 3.8) is 0 Å². The zero-order valence-electron chi connectivity index (χ0n) is 18.4. The Morgan fingerprint density at radius 3 is 2.38 bits per heavy atom. The fraction of sp³-hybridized carbons (Fsp3) is 0.391. The Labute approximate surface area is 189 Å². The van der Waals surface area contributed by atoms with Gasteiger partial charge in [-0.2, -0.15) is 4.31 Å². The number of hydrogen-bond acceptors (Lipinski definition) is 5. The standard InChI is InChI=1S/C23H29N3O5S/c1-3-25(4-2)32(29,30)21-12-10-19(11-13-21)26-17-18(16-22(26)27)23(28)24-14-15-31-20-8-6-5-7-9-20/h5-13,18H,3-4,14-17H2,1-2H3,(H,24,28)/t18-/m1/s1. The lowest BCUT2D eigenvalue weighted by Crippen LogP contribution is -2.35. The van der Waals surface area contributed by atoms with Crippen LogP contribution in [-0.2, 0) is 19.6 Å². The molecule has 0 unspecified atom stereocenters. The molecule has 0 radical (unpaired) electrons. The van der Waals surface area contributed by atoms with E-state index in [1.807, 2.05) is 30.3 Å². The molecule has 0 bridgehead atoms. The van der Waals surface area contributed by atoms with Crippen LogP contribution in [0.15, 0.2) is 59.5 Å². The van der Waals surface area contributed by atoms with Gasteiger partial charge in [-0.05, 0) is 36.4 Å². The third kappa shape index (κ3) is 5.46. The molecule has 1 aliphatic heterocycles. The number of amides is 2. The molecule has 0 saturated carbocycles.